The Hall–Kier alpha value is -2.08. The molecule has 1 saturated heterocycles. The number of carbonyl (C=O) groups is 2. The largest absolute Gasteiger partial charge is 0.491 e. The van der Waals surface area contributed by atoms with E-state index >= 15 is 0 Å². The van der Waals surface area contributed by atoms with Gasteiger partial charge in [0.2, 0.25) is 11.8 Å². The van der Waals surface area contributed by atoms with E-state index in [4.69, 9.17) is 10.6 Å². The van der Waals surface area contributed by atoms with Crippen LogP contribution in [0.2, 0.25) is 0 Å². The Labute approximate surface area is 117 Å². The Morgan fingerprint density at radius 3 is 2.90 bits per heavy atom. The summed E-state index contributed by atoms with van der Waals surface area (Å²) in [6.45, 7) is 4.22. The molecule has 0 bridgehead atoms. The number of amides is 2. The van der Waals surface area contributed by atoms with Crippen molar-refractivity contribution < 1.29 is 14.3 Å². The van der Waals surface area contributed by atoms with Crippen molar-refractivity contribution in [2.75, 3.05) is 11.4 Å². The van der Waals surface area contributed by atoms with Crippen LogP contribution >= 0.6 is 0 Å². The molecular formula is C14H19N3O3. The maximum Gasteiger partial charge on any atom is 0.239 e. The maximum absolute atomic E-state index is 12.0. The van der Waals surface area contributed by atoms with Gasteiger partial charge in [-0.1, -0.05) is 6.07 Å². The predicted octanol–water partition coefficient (Wildman–Crippen LogP) is 0.817. The zero-order valence-electron chi connectivity index (χ0n) is 11.6. The minimum absolute atomic E-state index is 0.0651. The van der Waals surface area contributed by atoms with Gasteiger partial charge in [-0.15, -0.1) is 0 Å². The standard InChI is InChI=1S/C14H19N3O3/c1-9(2)20-12-5-3-4-11(7-12)17-8-10(6-13(17)18)14(19)16-15/h3-5,7,9-10H,6,8,15H2,1-2H3,(H,16,19). The van der Waals surface area contributed by atoms with Crippen LogP contribution in [0.15, 0.2) is 24.3 Å². The summed E-state index contributed by atoms with van der Waals surface area (Å²) in [5, 5.41) is 0. The third-order valence-electron chi connectivity index (χ3n) is 3.14. The van der Waals surface area contributed by atoms with E-state index in [0.717, 1.165) is 5.69 Å². The van der Waals surface area contributed by atoms with E-state index in [1.54, 1.807) is 11.0 Å². The van der Waals surface area contributed by atoms with Gasteiger partial charge in [0.1, 0.15) is 5.75 Å². The lowest BCUT2D eigenvalue weighted by atomic mass is 10.1. The van der Waals surface area contributed by atoms with Crippen molar-refractivity contribution in [2.24, 2.45) is 11.8 Å². The van der Waals surface area contributed by atoms with Crippen LogP contribution in [0, 0.1) is 5.92 Å². The number of anilines is 1. The third-order valence-corrected chi connectivity index (χ3v) is 3.14. The summed E-state index contributed by atoms with van der Waals surface area (Å²) in [4.78, 5) is 25.1. The van der Waals surface area contributed by atoms with Gasteiger partial charge in [0.25, 0.3) is 0 Å². The van der Waals surface area contributed by atoms with Crippen molar-refractivity contribution in [3.63, 3.8) is 0 Å². The fourth-order valence-electron chi connectivity index (χ4n) is 2.25. The highest BCUT2D eigenvalue weighted by Crippen LogP contribution is 2.28. The highest BCUT2D eigenvalue weighted by molar-refractivity contribution is 6.00. The topological polar surface area (TPSA) is 84.7 Å². The van der Waals surface area contributed by atoms with Crippen LogP contribution in [0.25, 0.3) is 0 Å². The molecule has 0 aromatic heterocycles. The molecule has 20 heavy (non-hydrogen) atoms. The van der Waals surface area contributed by atoms with Gasteiger partial charge in [0, 0.05) is 24.7 Å². The first kappa shape index (κ1) is 14.3. The molecule has 3 N–H and O–H groups in total. The van der Waals surface area contributed by atoms with E-state index in [9.17, 15) is 9.59 Å². The van der Waals surface area contributed by atoms with E-state index in [0.29, 0.717) is 12.3 Å². The first-order chi connectivity index (χ1) is 9.51. The normalized spacial score (nSPS) is 18.5. The number of hydrazine groups is 1. The van der Waals surface area contributed by atoms with Crippen LogP contribution in [-0.2, 0) is 9.59 Å². The fourth-order valence-corrected chi connectivity index (χ4v) is 2.25. The lowest BCUT2D eigenvalue weighted by Crippen LogP contribution is -2.37. The van der Waals surface area contributed by atoms with Crippen molar-refractivity contribution in [1.29, 1.82) is 0 Å². The molecule has 1 atom stereocenters. The lowest BCUT2D eigenvalue weighted by molar-refractivity contribution is -0.126. The quantitative estimate of drug-likeness (QED) is 0.485. The van der Waals surface area contributed by atoms with Crippen molar-refractivity contribution >= 4 is 17.5 Å². The van der Waals surface area contributed by atoms with Crippen LogP contribution in [0.3, 0.4) is 0 Å². The van der Waals surface area contributed by atoms with Crippen molar-refractivity contribution in [3.05, 3.63) is 24.3 Å². The van der Waals surface area contributed by atoms with E-state index in [1.165, 1.54) is 0 Å². The molecule has 1 aromatic rings. The van der Waals surface area contributed by atoms with Gasteiger partial charge in [0.05, 0.1) is 12.0 Å². The second-order valence-corrected chi connectivity index (χ2v) is 5.08. The van der Waals surface area contributed by atoms with Gasteiger partial charge in [-0.25, -0.2) is 5.84 Å². The van der Waals surface area contributed by atoms with E-state index < -0.39 is 5.92 Å². The molecule has 6 heteroatoms. The molecule has 108 valence electrons. The first-order valence-electron chi connectivity index (χ1n) is 6.58. The van der Waals surface area contributed by atoms with Crippen LogP contribution in [0.1, 0.15) is 20.3 Å². The van der Waals surface area contributed by atoms with Crippen LogP contribution in [0.4, 0.5) is 5.69 Å². The monoisotopic (exact) mass is 277 g/mol. The third kappa shape index (κ3) is 3.08. The number of nitrogens with one attached hydrogen (secondary N) is 1. The van der Waals surface area contributed by atoms with Crippen LogP contribution in [-0.4, -0.2) is 24.5 Å². The summed E-state index contributed by atoms with van der Waals surface area (Å²) in [6, 6.07) is 7.30. The SMILES string of the molecule is CC(C)Oc1cccc(N2CC(C(=O)NN)CC2=O)c1. The molecule has 2 rings (SSSR count). The summed E-state index contributed by atoms with van der Waals surface area (Å²) in [6.07, 6.45) is 0.244. The molecule has 1 aliphatic rings. The van der Waals surface area contributed by atoms with Gasteiger partial charge in [-0.2, -0.15) is 0 Å². The predicted molar refractivity (Wildman–Crippen MR) is 75.0 cm³/mol. The smallest absolute Gasteiger partial charge is 0.239 e. The number of rotatable bonds is 4. The summed E-state index contributed by atoms with van der Waals surface area (Å²) < 4.78 is 5.61. The Morgan fingerprint density at radius 1 is 1.50 bits per heavy atom. The van der Waals surface area contributed by atoms with Gasteiger partial charge in [0.15, 0.2) is 0 Å². The molecule has 2 amide bonds. The van der Waals surface area contributed by atoms with Gasteiger partial charge in [-0.3, -0.25) is 15.0 Å². The molecule has 1 aliphatic heterocycles. The second-order valence-electron chi connectivity index (χ2n) is 5.08. The van der Waals surface area contributed by atoms with E-state index in [2.05, 4.69) is 5.43 Å². The number of ether oxygens (including phenoxy) is 1. The molecular weight excluding hydrogens is 258 g/mol. The molecule has 6 nitrogen and oxygen atoms in total. The highest BCUT2D eigenvalue weighted by atomic mass is 16.5. The number of hydrogen-bond donors (Lipinski definition) is 2. The molecule has 0 radical (unpaired) electrons. The van der Waals surface area contributed by atoms with Gasteiger partial charge < -0.3 is 9.64 Å². The molecule has 1 aromatic carbocycles. The Bertz CT molecular complexity index is 516. The average molecular weight is 277 g/mol. The van der Waals surface area contributed by atoms with E-state index in [1.807, 2.05) is 32.0 Å². The molecule has 0 saturated carbocycles. The Kier molecular flexibility index (Phi) is 4.24. The van der Waals surface area contributed by atoms with Crippen LogP contribution < -0.4 is 20.9 Å². The second kappa shape index (κ2) is 5.92. The van der Waals surface area contributed by atoms with Crippen molar-refractivity contribution in [3.8, 4) is 5.75 Å². The summed E-state index contributed by atoms with van der Waals surface area (Å²) in [5.74, 6) is 5.02. The number of nitrogens with zero attached hydrogens (tertiary/aromatic N) is 1. The fraction of sp³-hybridized carbons (Fsp3) is 0.429. The van der Waals surface area contributed by atoms with Crippen molar-refractivity contribution in [2.45, 2.75) is 26.4 Å². The maximum atomic E-state index is 12.0. The number of hydrogen-bond acceptors (Lipinski definition) is 4. The Morgan fingerprint density at radius 2 is 2.25 bits per heavy atom. The molecule has 0 spiro atoms. The zero-order valence-corrected chi connectivity index (χ0v) is 11.6. The number of benzene rings is 1. The number of carbonyl (C=O) groups excluding carboxylic acids is 2. The summed E-state index contributed by atoms with van der Waals surface area (Å²) in [5.41, 5.74) is 2.83. The van der Waals surface area contributed by atoms with Crippen molar-refractivity contribution in [1.82, 2.24) is 5.43 Å². The van der Waals surface area contributed by atoms with Crippen LogP contribution in [0.5, 0.6) is 5.75 Å². The zero-order chi connectivity index (χ0) is 14.7. The number of nitrogens with two attached hydrogens (primary N) is 1. The minimum atomic E-state index is -0.401. The van der Waals surface area contributed by atoms with Gasteiger partial charge >= 0.3 is 0 Å². The Balaban J connectivity index is 2.15. The van der Waals surface area contributed by atoms with Gasteiger partial charge in [-0.05, 0) is 26.0 Å². The first-order valence-corrected chi connectivity index (χ1v) is 6.58. The minimum Gasteiger partial charge on any atom is -0.491 e. The molecule has 0 aliphatic carbocycles. The van der Waals surface area contributed by atoms with E-state index in [-0.39, 0.29) is 24.3 Å². The highest BCUT2D eigenvalue weighted by Gasteiger charge is 2.34. The summed E-state index contributed by atoms with van der Waals surface area (Å²) in [7, 11) is 0. The molecule has 1 unspecified atom stereocenters. The molecule has 1 fully saturated rings. The molecule has 1 heterocycles. The average Bonchev–Trinajstić information content (AvgIpc) is 2.79. The summed E-state index contributed by atoms with van der Waals surface area (Å²) >= 11 is 0. The lowest BCUT2D eigenvalue weighted by Gasteiger charge is -2.18.